The summed E-state index contributed by atoms with van der Waals surface area (Å²) in [5.41, 5.74) is 3.17. The molecule has 0 unspecified atom stereocenters. The van der Waals surface area contributed by atoms with Gasteiger partial charge >= 0.3 is 0 Å². The van der Waals surface area contributed by atoms with Gasteiger partial charge in [0.15, 0.2) is 15.0 Å². The van der Waals surface area contributed by atoms with Crippen LogP contribution in [-0.2, 0) is 9.84 Å². The normalized spacial score (nSPS) is 11.3. The molecule has 0 saturated carbocycles. The van der Waals surface area contributed by atoms with Crippen LogP contribution < -0.4 is 5.32 Å². The number of aryl methyl sites for hydroxylation is 2. The Balaban J connectivity index is 1.96. The van der Waals surface area contributed by atoms with Gasteiger partial charge in [-0.1, -0.05) is 12.1 Å². The number of hydrogen-bond acceptors (Lipinski definition) is 6. The van der Waals surface area contributed by atoms with Gasteiger partial charge in [-0.3, -0.25) is 10.1 Å². The van der Waals surface area contributed by atoms with Gasteiger partial charge < -0.3 is 0 Å². The lowest BCUT2D eigenvalue weighted by molar-refractivity contribution is 0.102. The zero-order valence-corrected chi connectivity index (χ0v) is 16.1. The van der Waals surface area contributed by atoms with E-state index in [0.717, 1.165) is 11.3 Å². The van der Waals surface area contributed by atoms with Crippen molar-refractivity contribution in [2.24, 2.45) is 0 Å². The quantitative estimate of drug-likeness (QED) is 0.740. The molecule has 134 valence electrons. The SMILES string of the molecule is Cc1cc(-c2cccc(S(C)(=O)=O)c2)cc(C(=O)Nc2nc(C)cs2)n1. The number of carbonyl (C=O) groups excluding carboxylic acids is 1. The Bertz CT molecular complexity index is 1090. The van der Waals surface area contributed by atoms with Gasteiger partial charge in [0.05, 0.1) is 10.6 Å². The highest BCUT2D eigenvalue weighted by molar-refractivity contribution is 7.90. The monoisotopic (exact) mass is 387 g/mol. The van der Waals surface area contributed by atoms with Crippen LogP contribution in [0.5, 0.6) is 0 Å². The van der Waals surface area contributed by atoms with Crippen molar-refractivity contribution in [1.29, 1.82) is 0 Å². The van der Waals surface area contributed by atoms with E-state index in [9.17, 15) is 13.2 Å². The van der Waals surface area contributed by atoms with Gasteiger partial charge in [-0.05, 0) is 49.2 Å². The highest BCUT2D eigenvalue weighted by Gasteiger charge is 2.14. The van der Waals surface area contributed by atoms with Gasteiger partial charge in [-0.15, -0.1) is 11.3 Å². The number of amides is 1. The Kier molecular flexibility index (Phi) is 4.88. The van der Waals surface area contributed by atoms with Gasteiger partial charge in [-0.2, -0.15) is 0 Å². The van der Waals surface area contributed by atoms with Gasteiger partial charge in [0.1, 0.15) is 5.69 Å². The third-order valence-corrected chi connectivity index (χ3v) is 5.61. The lowest BCUT2D eigenvalue weighted by Crippen LogP contribution is -2.14. The number of benzene rings is 1. The third kappa shape index (κ3) is 4.14. The molecule has 1 aromatic carbocycles. The maximum atomic E-state index is 12.5. The number of nitrogens with one attached hydrogen (secondary N) is 1. The first-order valence-electron chi connectivity index (χ1n) is 7.75. The summed E-state index contributed by atoms with van der Waals surface area (Å²) in [6, 6.07) is 10.1. The Morgan fingerprint density at radius 1 is 1.04 bits per heavy atom. The van der Waals surface area contributed by atoms with E-state index in [0.29, 0.717) is 16.4 Å². The molecular formula is C18H17N3O3S2. The minimum atomic E-state index is -3.31. The molecule has 1 N–H and O–H groups in total. The molecule has 8 heteroatoms. The smallest absolute Gasteiger partial charge is 0.276 e. The van der Waals surface area contributed by atoms with Crippen LogP contribution in [0.15, 0.2) is 46.7 Å². The standard InChI is InChI=1S/C18H17N3O3S2/c1-11-7-14(13-5-4-6-15(8-13)26(3,23)24)9-16(19-11)17(22)21-18-20-12(2)10-25-18/h4-10H,1-3H3,(H,20,21,22). The first-order chi connectivity index (χ1) is 12.2. The van der Waals surface area contributed by atoms with Crippen molar-refractivity contribution in [3.63, 3.8) is 0 Å². The third-order valence-electron chi connectivity index (χ3n) is 3.62. The highest BCUT2D eigenvalue weighted by atomic mass is 32.2. The molecule has 1 amide bonds. The summed E-state index contributed by atoms with van der Waals surface area (Å²) in [5.74, 6) is -0.358. The number of hydrogen-bond donors (Lipinski definition) is 1. The van der Waals surface area contributed by atoms with E-state index in [1.54, 1.807) is 37.3 Å². The van der Waals surface area contributed by atoms with Crippen LogP contribution in [0.2, 0.25) is 0 Å². The predicted octanol–water partition coefficient (Wildman–Crippen LogP) is 3.48. The second-order valence-electron chi connectivity index (χ2n) is 5.93. The van der Waals surface area contributed by atoms with E-state index in [-0.39, 0.29) is 16.5 Å². The molecule has 0 spiro atoms. The number of aromatic nitrogens is 2. The molecular weight excluding hydrogens is 370 g/mol. The maximum Gasteiger partial charge on any atom is 0.276 e. The molecule has 0 atom stereocenters. The highest BCUT2D eigenvalue weighted by Crippen LogP contribution is 2.24. The van der Waals surface area contributed by atoms with Crippen LogP contribution in [0.1, 0.15) is 21.9 Å². The fourth-order valence-electron chi connectivity index (χ4n) is 2.43. The molecule has 3 rings (SSSR count). The molecule has 26 heavy (non-hydrogen) atoms. The summed E-state index contributed by atoms with van der Waals surface area (Å²) in [6.45, 7) is 3.64. The summed E-state index contributed by atoms with van der Waals surface area (Å²) in [7, 11) is -3.31. The Morgan fingerprint density at radius 2 is 1.81 bits per heavy atom. The van der Waals surface area contributed by atoms with E-state index >= 15 is 0 Å². The average molecular weight is 387 g/mol. The molecule has 0 aliphatic rings. The topological polar surface area (TPSA) is 89.0 Å². The summed E-state index contributed by atoms with van der Waals surface area (Å²) in [4.78, 5) is 21.2. The molecule has 0 aliphatic heterocycles. The minimum absolute atomic E-state index is 0.230. The second kappa shape index (κ2) is 6.97. The first-order valence-corrected chi connectivity index (χ1v) is 10.5. The van der Waals surface area contributed by atoms with Gasteiger partial charge in [0, 0.05) is 17.3 Å². The van der Waals surface area contributed by atoms with E-state index in [2.05, 4.69) is 15.3 Å². The van der Waals surface area contributed by atoms with E-state index < -0.39 is 9.84 Å². The van der Waals surface area contributed by atoms with Crippen molar-refractivity contribution in [3.8, 4) is 11.1 Å². The number of carbonyl (C=O) groups is 1. The summed E-state index contributed by atoms with van der Waals surface area (Å²) in [6.07, 6.45) is 1.17. The van der Waals surface area contributed by atoms with Crippen molar-refractivity contribution >= 4 is 32.2 Å². The van der Waals surface area contributed by atoms with Crippen LogP contribution in [0.25, 0.3) is 11.1 Å². The molecule has 2 heterocycles. The number of sulfone groups is 1. The van der Waals surface area contributed by atoms with Crippen molar-refractivity contribution in [2.75, 3.05) is 11.6 Å². The number of thiazole rings is 1. The molecule has 2 aromatic heterocycles. The predicted molar refractivity (Wildman–Crippen MR) is 102 cm³/mol. The molecule has 6 nitrogen and oxygen atoms in total. The lowest BCUT2D eigenvalue weighted by atomic mass is 10.0. The van der Waals surface area contributed by atoms with Gasteiger partial charge in [0.2, 0.25) is 0 Å². The van der Waals surface area contributed by atoms with Crippen LogP contribution in [0.4, 0.5) is 5.13 Å². The average Bonchev–Trinajstić information content (AvgIpc) is 2.98. The van der Waals surface area contributed by atoms with Crippen molar-refractivity contribution < 1.29 is 13.2 Å². The first kappa shape index (κ1) is 18.2. The lowest BCUT2D eigenvalue weighted by Gasteiger charge is -2.08. The van der Waals surface area contributed by atoms with Gasteiger partial charge in [0.25, 0.3) is 5.91 Å². The van der Waals surface area contributed by atoms with Crippen LogP contribution in [0, 0.1) is 13.8 Å². The van der Waals surface area contributed by atoms with E-state index in [1.807, 2.05) is 18.4 Å². The van der Waals surface area contributed by atoms with Crippen LogP contribution in [0.3, 0.4) is 0 Å². The van der Waals surface area contributed by atoms with E-state index in [4.69, 9.17) is 0 Å². The Labute approximate surface area is 155 Å². The molecule has 0 fully saturated rings. The fourth-order valence-corrected chi connectivity index (χ4v) is 3.78. The fraction of sp³-hybridized carbons (Fsp3) is 0.167. The minimum Gasteiger partial charge on any atom is -0.296 e. The summed E-state index contributed by atoms with van der Waals surface area (Å²) < 4.78 is 23.6. The number of pyridine rings is 1. The largest absolute Gasteiger partial charge is 0.296 e. The second-order valence-corrected chi connectivity index (χ2v) is 8.80. The number of anilines is 1. The Hall–Kier alpha value is -2.58. The molecule has 3 aromatic rings. The number of nitrogens with zero attached hydrogens (tertiary/aromatic N) is 2. The maximum absolute atomic E-state index is 12.5. The molecule has 0 bridgehead atoms. The molecule has 0 saturated heterocycles. The van der Waals surface area contributed by atoms with Crippen molar-refractivity contribution in [3.05, 3.63) is 58.9 Å². The van der Waals surface area contributed by atoms with E-state index in [1.165, 1.54) is 17.6 Å². The molecule has 0 radical (unpaired) electrons. The van der Waals surface area contributed by atoms with Gasteiger partial charge in [-0.25, -0.2) is 18.4 Å². The summed E-state index contributed by atoms with van der Waals surface area (Å²) >= 11 is 1.34. The van der Waals surface area contributed by atoms with Crippen molar-refractivity contribution in [1.82, 2.24) is 9.97 Å². The molecule has 0 aliphatic carbocycles. The van der Waals surface area contributed by atoms with Crippen molar-refractivity contribution in [2.45, 2.75) is 18.7 Å². The van der Waals surface area contributed by atoms with Crippen LogP contribution >= 0.6 is 11.3 Å². The Morgan fingerprint density at radius 3 is 2.46 bits per heavy atom. The number of rotatable bonds is 4. The zero-order chi connectivity index (χ0) is 18.9. The zero-order valence-electron chi connectivity index (χ0n) is 14.5. The van der Waals surface area contributed by atoms with Crippen LogP contribution in [-0.4, -0.2) is 30.5 Å². The summed E-state index contributed by atoms with van der Waals surface area (Å²) in [5, 5.41) is 5.09.